The van der Waals surface area contributed by atoms with Crippen LogP contribution in [-0.4, -0.2) is 27.6 Å². The van der Waals surface area contributed by atoms with Crippen molar-refractivity contribution < 1.29 is 9.90 Å². The van der Waals surface area contributed by atoms with Crippen LogP contribution in [-0.2, 0) is 4.79 Å². The summed E-state index contributed by atoms with van der Waals surface area (Å²) >= 11 is 1.65. The van der Waals surface area contributed by atoms with Gasteiger partial charge in [0, 0.05) is 4.75 Å². The minimum absolute atomic E-state index is 0.375. The molecule has 0 aromatic rings. The van der Waals surface area contributed by atoms with Crippen molar-refractivity contribution in [2.24, 2.45) is 5.73 Å². The van der Waals surface area contributed by atoms with Crippen molar-refractivity contribution in [3.63, 3.8) is 0 Å². The highest BCUT2D eigenvalue weighted by Gasteiger charge is 2.31. The van der Waals surface area contributed by atoms with Gasteiger partial charge in [-0.15, -0.1) is 0 Å². The number of nitrogens with two attached hydrogens (primary N) is 1. The van der Waals surface area contributed by atoms with Gasteiger partial charge in [0.15, 0.2) is 0 Å². The van der Waals surface area contributed by atoms with Crippen molar-refractivity contribution in [3.8, 4) is 0 Å². The number of carboxylic acid groups (broad SMARTS) is 1. The Morgan fingerprint density at radius 1 is 1.50 bits per heavy atom. The SMILES string of the molecule is CCCCCSC(C)(C)[C@H](N)C(=O)O. The molecule has 1 atom stereocenters. The summed E-state index contributed by atoms with van der Waals surface area (Å²) < 4.78 is -0.375. The number of carbonyl (C=O) groups is 1. The van der Waals surface area contributed by atoms with Crippen LogP contribution < -0.4 is 5.73 Å². The molecule has 0 saturated carbocycles. The van der Waals surface area contributed by atoms with Gasteiger partial charge in [0.05, 0.1) is 0 Å². The molecule has 0 aromatic heterocycles. The Morgan fingerprint density at radius 3 is 2.50 bits per heavy atom. The Kier molecular flexibility index (Phi) is 6.20. The van der Waals surface area contributed by atoms with E-state index in [0.717, 1.165) is 12.2 Å². The number of rotatable bonds is 7. The van der Waals surface area contributed by atoms with Crippen LogP contribution in [0.5, 0.6) is 0 Å². The van der Waals surface area contributed by atoms with Gasteiger partial charge in [-0.05, 0) is 26.0 Å². The molecule has 3 nitrogen and oxygen atoms in total. The summed E-state index contributed by atoms with van der Waals surface area (Å²) in [5, 5.41) is 8.78. The molecule has 0 aliphatic carbocycles. The number of carboxylic acids is 1. The zero-order chi connectivity index (χ0) is 11.2. The number of unbranched alkanes of at least 4 members (excludes halogenated alkanes) is 2. The van der Waals surface area contributed by atoms with Gasteiger partial charge < -0.3 is 10.8 Å². The first kappa shape index (κ1) is 13.8. The van der Waals surface area contributed by atoms with Gasteiger partial charge in [0.25, 0.3) is 0 Å². The van der Waals surface area contributed by atoms with E-state index in [0.29, 0.717) is 0 Å². The standard InChI is InChI=1S/C10H21NO2S/c1-4-5-6-7-14-10(2,3)8(11)9(12)13/h8H,4-7,11H2,1-3H3,(H,12,13)/t8-/m1/s1. The fraction of sp³-hybridized carbons (Fsp3) is 0.900. The van der Waals surface area contributed by atoms with Crippen molar-refractivity contribution in [2.75, 3.05) is 5.75 Å². The highest BCUT2D eigenvalue weighted by Crippen LogP contribution is 2.28. The lowest BCUT2D eigenvalue weighted by atomic mass is 10.1. The first-order valence-corrected chi connectivity index (χ1v) is 6.02. The Morgan fingerprint density at radius 2 is 2.07 bits per heavy atom. The molecule has 0 radical (unpaired) electrons. The van der Waals surface area contributed by atoms with E-state index in [-0.39, 0.29) is 4.75 Å². The topological polar surface area (TPSA) is 63.3 Å². The predicted molar refractivity (Wildman–Crippen MR) is 61.7 cm³/mol. The zero-order valence-electron chi connectivity index (χ0n) is 9.25. The Hall–Kier alpha value is -0.220. The quantitative estimate of drug-likeness (QED) is 0.644. The van der Waals surface area contributed by atoms with Crippen molar-refractivity contribution in [2.45, 2.75) is 50.8 Å². The van der Waals surface area contributed by atoms with Crippen molar-refractivity contribution >= 4 is 17.7 Å². The van der Waals surface area contributed by atoms with Gasteiger partial charge >= 0.3 is 5.97 Å². The summed E-state index contributed by atoms with van der Waals surface area (Å²) in [6.07, 6.45) is 3.52. The van der Waals surface area contributed by atoms with Crippen LogP contribution in [0.15, 0.2) is 0 Å². The maximum absolute atomic E-state index is 10.7. The third-order valence-electron chi connectivity index (χ3n) is 2.24. The Bertz CT molecular complexity index is 183. The molecule has 0 aliphatic heterocycles. The summed E-state index contributed by atoms with van der Waals surface area (Å²) in [6, 6.07) is -0.783. The zero-order valence-corrected chi connectivity index (χ0v) is 10.1. The van der Waals surface area contributed by atoms with E-state index in [4.69, 9.17) is 10.8 Å². The molecule has 4 heteroatoms. The average Bonchev–Trinajstić information content (AvgIpc) is 2.11. The molecule has 0 rings (SSSR count). The molecule has 0 amide bonds. The molecular weight excluding hydrogens is 198 g/mol. The van der Waals surface area contributed by atoms with Gasteiger partial charge in [-0.2, -0.15) is 11.8 Å². The smallest absolute Gasteiger partial charge is 0.321 e. The van der Waals surface area contributed by atoms with Crippen molar-refractivity contribution in [3.05, 3.63) is 0 Å². The minimum atomic E-state index is -0.919. The van der Waals surface area contributed by atoms with Crippen LogP contribution >= 0.6 is 11.8 Å². The minimum Gasteiger partial charge on any atom is -0.480 e. The molecule has 0 saturated heterocycles. The summed E-state index contributed by atoms with van der Waals surface area (Å²) in [4.78, 5) is 10.7. The Labute approximate surface area is 90.4 Å². The second-order valence-electron chi connectivity index (χ2n) is 3.97. The van der Waals surface area contributed by atoms with E-state index in [1.807, 2.05) is 13.8 Å². The first-order valence-electron chi connectivity index (χ1n) is 5.04. The normalized spacial score (nSPS) is 14.0. The molecule has 84 valence electrons. The largest absolute Gasteiger partial charge is 0.480 e. The van der Waals surface area contributed by atoms with Crippen LogP contribution in [0, 0.1) is 0 Å². The maximum atomic E-state index is 10.7. The molecule has 0 bridgehead atoms. The molecule has 0 unspecified atom stereocenters. The van der Waals surface area contributed by atoms with Crippen LogP contribution in [0.2, 0.25) is 0 Å². The fourth-order valence-corrected chi connectivity index (χ4v) is 2.23. The molecule has 3 N–H and O–H groups in total. The van der Waals surface area contributed by atoms with E-state index in [1.165, 1.54) is 12.8 Å². The van der Waals surface area contributed by atoms with Gasteiger partial charge in [-0.1, -0.05) is 19.8 Å². The van der Waals surface area contributed by atoms with Crippen LogP contribution in [0.3, 0.4) is 0 Å². The van der Waals surface area contributed by atoms with E-state index in [1.54, 1.807) is 11.8 Å². The van der Waals surface area contributed by atoms with Crippen molar-refractivity contribution in [1.29, 1.82) is 0 Å². The predicted octanol–water partition coefficient (Wildman–Crippen LogP) is 2.10. The molecule has 0 spiro atoms. The first-order chi connectivity index (χ1) is 6.41. The Balaban J connectivity index is 3.88. The van der Waals surface area contributed by atoms with Gasteiger partial charge in [0.1, 0.15) is 6.04 Å². The maximum Gasteiger partial charge on any atom is 0.321 e. The monoisotopic (exact) mass is 219 g/mol. The summed E-state index contributed by atoms with van der Waals surface area (Å²) in [7, 11) is 0. The number of hydrogen-bond acceptors (Lipinski definition) is 3. The highest BCUT2D eigenvalue weighted by atomic mass is 32.2. The molecular formula is C10H21NO2S. The van der Waals surface area contributed by atoms with Gasteiger partial charge in [0.2, 0.25) is 0 Å². The van der Waals surface area contributed by atoms with E-state index in [2.05, 4.69) is 6.92 Å². The molecule has 0 aliphatic rings. The highest BCUT2D eigenvalue weighted by molar-refractivity contribution is 8.00. The molecule has 0 aromatic carbocycles. The average molecular weight is 219 g/mol. The van der Waals surface area contributed by atoms with Crippen molar-refractivity contribution in [1.82, 2.24) is 0 Å². The van der Waals surface area contributed by atoms with Gasteiger partial charge in [-0.25, -0.2) is 0 Å². The van der Waals surface area contributed by atoms with E-state index < -0.39 is 12.0 Å². The summed E-state index contributed by atoms with van der Waals surface area (Å²) in [6.45, 7) is 5.93. The van der Waals surface area contributed by atoms with Crippen LogP contribution in [0.25, 0.3) is 0 Å². The lowest BCUT2D eigenvalue weighted by Crippen LogP contribution is -2.46. The van der Waals surface area contributed by atoms with Crippen LogP contribution in [0.4, 0.5) is 0 Å². The lowest BCUT2D eigenvalue weighted by molar-refractivity contribution is -0.139. The molecule has 0 fully saturated rings. The molecule has 0 heterocycles. The third-order valence-corrected chi connectivity index (χ3v) is 3.73. The summed E-state index contributed by atoms with van der Waals surface area (Å²) in [5.41, 5.74) is 5.59. The number of hydrogen-bond donors (Lipinski definition) is 2. The van der Waals surface area contributed by atoms with Crippen LogP contribution in [0.1, 0.15) is 40.0 Å². The van der Waals surface area contributed by atoms with E-state index in [9.17, 15) is 4.79 Å². The van der Waals surface area contributed by atoms with E-state index >= 15 is 0 Å². The molecule has 14 heavy (non-hydrogen) atoms. The fourth-order valence-electron chi connectivity index (χ4n) is 1.07. The number of aliphatic carboxylic acids is 1. The third kappa shape index (κ3) is 4.86. The number of thioether (sulfide) groups is 1. The second-order valence-corrected chi connectivity index (χ2v) is 5.72. The van der Waals surface area contributed by atoms with Gasteiger partial charge in [-0.3, -0.25) is 4.79 Å². The lowest BCUT2D eigenvalue weighted by Gasteiger charge is -2.27. The summed E-state index contributed by atoms with van der Waals surface area (Å²) in [5.74, 6) is 0.0694. The second kappa shape index (κ2) is 6.30.